The van der Waals surface area contributed by atoms with Gasteiger partial charge in [0.15, 0.2) is 0 Å². The van der Waals surface area contributed by atoms with Crippen LogP contribution >= 0.6 is 0 Å². The first-order chi connectivity index (χ1) is 8.27. The standard InChI is InChI=1S/C14H28N4/c1-7-11(15)13(14(2,3)4)18(6)10-12-16-8-9-17(12)5/h8-9,11,13H,7,10,15H2,1-6H3. The predicted molar refractivity (Wildman–Crippen MR) is 76.2 cm³/mol. The molecule has 0 saturated carbocycles. The van der Waals surface area contributed by atoms with Crippen LogP contribution in [0, 0.1) is 5.41 Å². The van der Waals surface area contributed by atoms with Gasteiger partial charge in [-0.15, -0.1) is 0 Å². The maximum Gasteiger partial charge on any atom is 0.122 e. The highest BCUT2D eigenvalue weighted by Crippen LogP contribution is 2.27. The maximum absolute atomic E-state index is 6.30. The Kier molecular flexibility index (Phi) is 4.93. The summed E-state index contributed by atoms with van der Waals surface area (Å²) in [7, 11) is 4.17. The fraction of sp³-hybridized carbons (Fsp3) is 0.786. The number of nitrogens with two attached hydrogens (primary N) is 1. The maximum atomic E-state index is 6.30. The molecule has 104 valence electrons. The molecule has 1 aromatic heterocycles. The SMILES string of the molecule is CCC(N)C(N(C)Cc1nccn1C)C(C)(C)C. The molecule has 0 amide bonds. The Labute approximate surface area is 111 Å². The Hall–Kier alpha value is -0.870. The van der Waals surface area contributed by atoms with Crippen molar-refractivity contribution in [3.8, 4) is 0 Å². The summed E-state index contributed by atoms with van der Waals surface area (Å²) in [4.78, 5) is 6.72. The van der Waals surface area contributed by atoms with E-state index in [1.165, 1.54) is 0 Å². The Morgan fingerprint density at radius 2 is 2.06 bits per heavy atom. The van der Waals surface area contributed by atoms with Crippen molar-refractivity contribution in [3.05, 3.63) is 18.2 Å². The molecular weight excluding hydrogens is 224 g/mol. The van der Waals surface area contributed by atoms with Crippen LogP contribution in [0.5, 0.6) is 0 Å². The van der Waals surface area contributed by atoms with Gasteiger partial charge in [-0.2, -0.15) is 0 Å². The topological polar surface area (TPSA) is 47.1 Å². The summed E-state index contributed by atoms with van der Waals surface area (Å²) >= 11 is 0. The lowest BCUT2D eigenvalue weighted by Gasteiger charge is -2.41. The molecule has 4 heteroatoms. The fourth-order valence-corrected chi connectivity index (χ4v) is 2.72. The summed E-state index contributed by atoms with van der Waals surface area (Å²) in [5.74, 6) is 1.08. The minimum atomic E-state index is 0.162. The first-order valence-corrected chi connectivity index (χ1v) is 6.69. The number of nitrogens with zero attached hydrogens (tertiary/aromatic N) is 3. The molecule has 0 spiro atoms. The minimum absolute atomic E-state index is 0.162. The van der Waals surface area contributed by atoms with E-state index in [2.05, 4.69) is 49.2 Å². The fourth-order valence-electron chi connectivity index (χ4n) is 2.72. The van der Waals surface area contributed by atoms with E-state index in [0.29, 0.717) is 6.04 Å². The molecule has 0 radical (unpaired) electrons. The van der Waals surface area contributed by atoms with Crippen molar-refractivity contribution in [3.63, 3.8) is 0 Å². The van der Waals surface area contributed by atoms with Gasteiger partial charge in [0, 0.05) is 31.5 Å². The zero-order valence-corrected chi connectivity index (χ0v) is 12.6. The molecule has 1 rings (SSSR count). The van der Waals surface area contributed by atoms with E-state index in [0.717, 1.165) is 18.8 Å². The number of aromatic nitrogens is 2. The summed E-state index contributed by atoms with van der Waals surface area (Å²) in [5, 5.41) is 0. The van der Waals surface area contributed by atoms with E-state index in [-0.39, 0.29) is 11.5 Å². The molecule has 1 heterocycles. The summed E-state index contributed by atoms with van der Waals surface area (Å²) in [6.07, 6.45) is 4.82. The largest absolute Gasteiger partial charge is 0.337 e. The van der Waals surface area contributed by atoms with Gasteiger partial charge in [-0.25, -0.2) is 4.98 Å². The summed E-state index contributed by atoms with van der Waals surface area (Å²) in [6.45, 7) is 9.74. The Morgan fingerprint density at radius 1 is 1.44 bits per heavy atom. The Bertz CT molecular complexity index is 364. The van der Waals surface area contributed by atoms with Gasteiger partial charge in [-0.1, -0.05) is 27.7 Å². The summed E-state index contributed by atoms with van der Waals surface area (Å²) in [5.41, 5.74) is 6.46. The molecule has 2 unspecified atom stereocenters. The van der Waals surface area contributed by atoms with Crippen LogP contribution in [0.1, 0.15) is 39.9 Å². The molecular formula is C14H28N4. The van der Waals surface area contributed by atoms with Gasteiger partial charge >= 0.3 is 0 Å². The highest BCUT2D eigenvalue weighted by molar-refractivity contribution is 4.95. The number of likely N-dealkylation sites (N-methyl/N-ethyl adjacent to an activating group) is 1. The normalized spacial score (nSPS) is 16.0. The molecule has 0 aliphatic heterocycles. The van der Waals surface area contributed by atoms with Crippen LogP contribution < -0.4 is 5.73 Å². The van der Waals surface area contributed by atoms with E-state index in [1.807, 2.05) is 19.4 Å². The van der Waals surface area contributed by atoms with Crippen molar-refractivity contribution in [1.29, 1.82) is 0 Å². The smallest absolute Gasteiger partial charge is 0.122 e. The van der Waals surface area contributed by atoms with E-state index in [4.69, 9.17) is 5.73 Å². The van der Waals surface area contributed by atoms with Gasteiger partial charge < -0.3 is 10.3 Å². The second-order valence-corrected chi connectivity index (χ2v) is 6.25. The molecule has 0 bridgehead atoms. The van der Waals surface area contributed by atoms with Gasteiger partial charge in [0.1, 0.15) is 5.82 Å². The van der Waals surface area contributed by atoms with Crippen LogP contribution in [0.15, 0.2) is 12.4 Å². The number of hydrogen-bond donors (Lipinski definition) is 1. The summed E-state index contributed by atoms with van der Waals surface area (Å²) in [6, 6.07) is 0.537. The van der Waals surface area contributed by atoms with E-state index in [9.17, 15) is 0 Å². The van der Waals surface area contributed by atoms with Crippen molar-refractivity contribution in [2.75, 3.05) is 7.05 Å². The van der Waals surface area contributed by atoms with Crippen molar-refractivity contribution in [2.45, 2.75) is 52.7 Å². The van der Waals surface area contributed by atoms with E-state index in [1.54, 1.807) is 0 Å². The Morgan fingerprint density at radius 3 is 2.44 bits per heavy atom. The average Bonchev–Trinajstić information content (AvgIpc) is 2.62. The van der Waals surface area contributed by atoms with Gasteiger partial charge in [0.25, 0.3) is 0 Å². The lowest BCUT2D eigenvalue weighted by molar-refractivity contribution is 0.0910. The van der Waals surface area contributed by atoms with E-state index >= 15 is 0 Å². The quantitative estimate of drug-likeness (QED) is 0.872. The zero-order chi connectivity index (χ0) is 13.9. The summed E-state index contributed by atoms with van der Waals surface area (Å²) < 4.78 is 2.06. The molecule has 0 aliphatic carbocycles. The molecule has 4 nitrogen and oxygen atoms in total. The molecule has 2 atom stereocenters. The number of aryl methyl sites for hydroxylation is 1. The third-order valence-electron chi connectivity index (χ3n) is 3.55. The predicted octanol–water partition coefficient (Wildman–Crippen LogP) is 2.00. The van der Waals surface area contributed by atoms with Gasteiger partial charge in [0.05, 0.1) is 6.54 Å². The van der Waals surface area contributed by atoms with Crippen LogP contribution in [0.25, 0.3) is 0 Å². The molecule has 0 saturated heterocycles. The number of rotatable bonds is 5. The average molecular weight is 252 g/mol. The lowest BCUT2D eigenvalue weighted by atomic mass is 9.80. The monoisotopic (exact) mass is 252 g/mol. The van der Waals surface area contributed by atoms with Crippen molar-refractivity contribution >= 4 is 0 Å². The van der Waals surface area contributed by atoms with Crippen molar-refractivity contribution < 1.29 is 0 Å². The molecule has 2 N–H and O–H groups in total. The van der Waals surface area contributed by atoms with Crippen molar-refractivity contribution in [2.24, 2.45) is 18.2 Å². The first-order valence-electron chi connectivity index (χ1n) is 6.69. The first kappa shape index (κ1) is 15.2. The van der Waals surface area contributed by atoms with E-state index < -0.39 is 0 Å². The molecule has 1 aromatic rings. The lowest BCUT2D eigenvalue weighted by Crippen LogP contribution is -2.52. The second-order valence-electron chi connectivity index (χ2n) is 6.25. The zero-order valence-electron chi connectivity index (χ0n) is 12.6. The number of imidazole rings is 1. The van der Waals surface area contributed by atoms with Crippen molar-refractivity contribution in [1.82, 2.24) is 14.5 Å². The van der Waals surface area contributed by atoms with Gasteiger partial charge in [-0.3, -0.25) is 4.90 Å². The van der Waals surface area contributed by atoms with Gasteiger partial charge in [-0.05, 0) is 18.9 Å². The highest BCUT2D eigenvalue weighted by Gasteiger charge is 2.32. The van der Waals surface area contributed by atoms with Crippen LogP contribution in [-0.4, -0.2) is 33.6 Å². The second kappa shape index (κ2) is 5.85. The molecule has 0 fully saturated rings. The third kappa shape index (κ3) is 3.56. The Balaban J connectivity index is 2.83. The van der Waals surface area contributed by atoms with Crippen LogP contribution in [-0.2, 0) is 13.6 Å². The molecule has 0 aromatic carbocycles. The van der Waals surface area contributed by atoms with Gasteiger partial charge in [0.2, 0.25) is 0 Å². The minimum Gasteiger partial charge on any atom is -0.337 e. The molecule has 0 aliphatic rings. The van der Waals surface area contributed by atoms with Crippen LogP contribution in [0.2, 0.25) is 0 Å². The third-order valence-corrected chi connectivity index (χ3v) is 3.55. The van der Waals surface area contributed by atoms with Crippen LogP contribution in [0.3, 0.4) is 0 Å². The molecule has 18 heavy (non-hydrogen) atoms. The highest BCUT2D eigenvalue weighted by atomic mass is 15.2. The number of hydrogen-bond acceptors (Lipinski definition) is 3. The van der Waals surface area contributed by atoms with Crippen LogP contribution in [0.4, 0.5) is 0 Å².